The fraction of sp³-hybridized carbons (Fsp3) is 0.667. The topological polar surface area (TPSA) is 95.6 Å². The Hall–Kier alpha value is -1.30. The molecule has 0 radical (unpaired) electrons. The van der Waals surface area contributed by atoms with Crippen LogP contribution in [0, 0.1) is 0 Å². The van der Waals surface area contributed by atoms with Crippen LogP contribution in [0.2, 0.25) is 0 Å². The van der Waals surface area contributed by atoms with Crippen LogP contribution in [0.5, 0.6) is 0 Å². The Kier molecular flexibility index (Phi) is 18.7. The van der Waals surface area contributed by atoms with Crippen molar-refractivity contribution in [3.63, 3.8) is 0 Å². The Labute approximate surface area is 171 Å². The molecule has 0 heterocycles. The lowest BCUT2D eigenvalue weighted by Crippen LogP contribution is -2.34. The number of benzene rings is 1. The molecule has 6 heteroatoms. The van der Waals surface area contributed by atoms with Gasteiger partial charge in [0.2, 0.25) is 0 Å². The molecule has 158 valence electrons. The van der Waals surface area contributed by atoms with Crippen molar-refractivity contribution in [2.75, 3.05) is 12.3 Å². The van der Waals surface area contributed by atoms with Crippen LogP contribution in [0.3, 0.4) is 0 Å². The van der Waals surface area contributed by atoms with Gasteiger partial charge in [0.15, 0.2) is 0 Å². The third-order valence-corrected chi connectivity index (χ3v) is 4.17. The lowest BCUT2D eigenvalue weighted by Gasteiger charge is -2.19. The molecule has 0 saturated carbocycles. The van der Waals surface area contributed by atoms with Gasteiger partial charge in [-0.2, -0.15) is 0 Å². The predicted octanol–water partition coefficient (Wildman–Crippen LogP) is 4.87. The van der Waals surface area contributed by atoms with Crippen LogP contribution in [-0.2, 0) is 0 Å². The molecule has 27 heavy (non-hydrogen) atoms. The number of unbranched alkanes of at least 4 members (excludes halogenated alkanes) is 4. The molecule has 1 aromatic carbocycles. The lowest BCUT2D eigenvalue weighted by atomic mass is 10.0. The van der Waals surface area contributed by atoms with Gasteiger partial charge in [-0.25, -0.2) is 4.79 Å². The number of aliphatic hydroxyl groups is 1. The molecule has 0 spiro atoms. The molecule has 1 unspecified atom stereocenters. The molecular formula is C21H39ClN2O3. The molecule has 0 aliphatic rings. The number of hydrogen-bond donors (Lipinski definition) is 4. The highest BCUT2D eigenvalue weighted by Crippen LogP contribution is 2.11. The number of aliphatic hydroxyl groups excluding tert-OH is 1. The Balaban J connectivity index is 0. The summed E-state index contributed by atoms with van der Waals surface area (Å²) in [5.41, 5.74) is 6.17. The van der Waals surface area contributed by atoms with E-state index in [-0.39, 0.29) is 24.1 Å². The van der Waals surface area contributed by atoms with E-state index in [1.807, 2.05) is 6.92 Å². The second kappa shape index (κ2) is 18.1. The van der Waals surface area contributed by atoms with Crippen LogP contribution in [0.25, 0.3) is 0 Å². The maximum atomic E-state index is 10.3. The minimum Gasteiger partial charge on any atom is -0.478 e. The Morgan fingerprint density at radius 3 is 1.89 bits per heavy atom. The number of aromatic carboxylic acids is 1. The van der Waals surface area contributed by atoms with Crippen LogP contribution in [0.4, 0.5) is 5.69 Å². The van der Waals surface area contributed by atoms with E-state index in [9.17, 15) is 9.90 Å². The first-order valence-corrected chi connectivity index (χ1v) is 9.90. The Bertz CT molecular complexity index is 457. The summed E-state index contributed by atoms with van der Waals surface area (Å²) in [5, 5.41) is 21.2. The Morgan fingerprint density at radius 2 is 1.52 bits per heavy atom. The number of halogens is 1. The van der Waals surface area contributed by atoms with Gasteiger partial charge in [0.1, 0.15) is 0 Å². The van der Waals surface area contributed by atoms with E-state index in [1.54, 1.807) is 12.1 Å². The minimum absolute atomic E-state index is 0. The number of carboxylic acids is 1. The van der Waals surface area contributed by atoms with Crippen molar-refractivity contribution in [3.8, 4) is 0 Å². The number of carbonyl (C=O) groups is 1. The number of nitrogen functional groups attached to an aromatic ring is 1. The molecule has 0 aliphatic heterocycles. The molecule has 1 aromatic rings. The average molecular weight is 403 g/mol. The SMILES string of the molecule is CCCCCC(CCCCC)NCC(C)O.Cl.Nc1ccc(C(=O)O)cc1. The van der Waals surface area contributed by atoms with Crippen molar-refractivity contribution in [2.24, 2.45) is 0 Å². The number of anilines is 1. The normalized spacial score (nSPS) is 11.3. The number of nitrogens with one attached hydrogen (secondary N) is 1. The maximum Gasteiger partial charge on any atom is 0.335 e. The quantitative estimate of drug-likeness (QED) is 0.295. The van der Waals surface area contributed by atoms with Gasteiger partial charge in [-0.1, -0.05) is 52.4 Å². The average Bonchev–Trinajstić information content (AvgIpc) is 2.60. The summed E-state index contributed by atoms with van der Waals surface area (Å²) in [6.45, 7) is 7.08. The monoisotopic (exact) mass is 402 g/mol. The van der Waals surface area contributed by atoms with Gasteiger partial charge in [0.05, 0.1) is 11.7 Å². The van der Waals surface area contributed by atoms with Crippen LogP contribution in [0.15, 0.2) is 24.3 Å². The van der Waals surface area contributed by atoms with Crippen LogP contribution >= 0.6 is 12.4 Å². The molecule has 0 aromatic heterocycles. The van der Waals surface area contributed by atoms with Crippen molar-refractivity contribution in [2.45, 2.75) is 84.3 Å². The lowest BCUT2D eigenvalue weighted by molar-refractivity contribution is 0.0697. The second-order valence-electron chi connectivity index (χ2n) is 6.87. The van der Waals surface area contributed by atoms with Gasteiger partial charge in [0.25, 0.3) is 0 Å². The van der Waals surface area contributed by atoms with E-state index in [0.717, 1.165) is 6.54 Å². The standard InChI is InChI=1S/C14H31NO.C7H7NO2.ClH/c1-4-6-8-10-14(11-9-7-5-2)15-12-13(3)16;8-6-3-1-5(2-4-6)7(9)10;/h13-16H,4-12H2,1-3H3;1-4H,8H2,(H,9,10);1H. The van der Waals surface area contributed by atoms with E-state index in [1.165, 1.54) is 63.5 Å². The Morgan fingerprint density at radius 1 is 1.04 bits per heavy atom. The van der Waals surface area contributed by atoms with Gasteiger partial charge in [-0.3, -0.25) is 0 Å². The molecule has 1 atom stereocenters. The summed E-state index contributed by atoms with van der Waals surface area (Å²) in [7, 11) is 0. The summed E-state index contributed by atoms with van der Waals surface area (Å²) in [4.78, 5) is 10.3. The molecule has 0 fully saturated rings. The molecular weight excluding hydrogens is 364 g/mol. The molecule has 5 N–H and O–H groups in total. The van der Waals surface area contributed by atoms with E-state index >= 15 is 0 Å². The van der Waals surface area contributed by atoms with Crippen molar-refractivity contribution in [1.29, 1.82) is 0 Å². The minimum atomic E-state index is -0.931. The van der Waals surface area contributed by atoms with Gasteiger partial charge < -0.3 is 21.3 Å². The van der Waals surface area contributed by atoms with E-state index in [0.29, 0.717) is 11.7 Å². The first kappa shape index (κ1) is 27.9. The highest BCUT2D eigenvalue weighted by Gasteiger charge is 2.08. The molecule has 0 amide bonds. The van der Waals surface area contributed by atoms with Gasteiger partial charge >= 0.3 is 5.97 Å². The number of carboxylic acid groups (broad SMARTS) is 1. The first-order chi connectivity index (χ1) is 12.4. The van der Waals surface area contributed by atoms with Crippen LogP contribution < -0.4 is 11.1 Å². The van der Waals surface area contributed by atoms with Crippen LogP contribution in [-0.4, -0.2) is 34.9 Å². The largest absolute Gasteiger partial charge is 0.478 e. The summed E-state index contributed by atoms with van der Waals surface area (Å²) < 4.78 is 0. The highest BCUT2D eigenvalue weighted by molar-refractivity contribution is 5.87. The maximum absolute atomic E-state index is 10.3. The van der Waals surface area contributed by atoms with E-state index < -0.39 is 5.97 Å². The first-order valence-electron chi connectivity index (χ1n) is 9.90. The zero-order valence-corrected chi connectivity index (χ0v) is 17.9. The summed E-state index contributed by atoms with van der Waals surface area (Å²) in [6.07, 6.45) is 10.2. The third kappa shape index (κ3) is 16.6. The summed E-state index contributed by atoms with van der Waals surface area (Å²) in [5.74, 6) is -0.931. The molecule has 0 aliphatic carbocycles. The van der Waals surface area contributed by atoms with Crippen LogP contribution in [0.1, 0.15) is 82.5 Å². The predicted molar refractivity (Wildman–Crippen MR) is 117 cm³/mol. The second-order valence-corrected chi connectivity index (χ2v) is 6.87. The van der Waals surface area contributed by atoms with Gasteiger partial charge in [-0.05, 0) is 44.0 Å². The zero-order valence-electron chi connectivity index (χ0n) is 17.1. The van der Waals surface area contributed by atoms with Gasteiger partial charge in [0, 0.05) is 18.3 Å². The fourth-order valence-electron chi connectivity index (χ4n) is 2.59. The summed E-state index contributed by atoms with van der Waals surface area (Å²) >= 11 is 0. The van der Waals surface area contributed by atoms with E-state index in [4.69, 9.17) is 10.8 Å². The van der Waals surface area contributed by atoms with Gasteiger partial charge in [-0.15, -0.1) is 12.4 Å². The number of nitrogens with two attached hydrogens (primary N) is 1. The van der Waals surface area contributed by atoms with Crippen molar-refractivity contribution < 1.29 is 15.0 Å². The number of rotatable bonds is 12. The molecule has 5 nitrogen and oxygen atoms in total. The zero-order chi connectivity index (χ0) is 19.8. The smallest absolute Gasteiger partial charge is 0.335 e. The van der Waals surface area contributed by atoms with Crippen molar-refractivity contribution in [3.05, 3.63) is 29.8 Å². The van der Waals surface area contributed by atoms with E-state index in [2.05, 4.69) is 19.2 Å². The van der Waals surface area contributed by atoms with Crippen molar-refractivity contribution in [1.82, 2.24) is 5.32 Å². The highest BCUT2D eigenvalue weighted by atomic mass is 35.5. The third-order valence-electron chi connectivity index (χ3n) is 4.17. The van der Waals surface area contributed by atoms with Crippen molar-refractivity contribution >= 4 is 24.1 Å². The summed E-state index contributed by atoms with van der Waals surface area (Å²) in [6, 6.07) is 6.68. The molecule has 0 bridgehead atoms. The molecule has 0 saturated heterocycles. The molecule has 1 rings (SSSR count). The number of hydrogen-bond acceptors (Lipinski definition) is 4. The fourth-order valence-corrected chi connectivity index (χ4v) is 2.59.